The van der Waals surface area contributed by atoms with Crippen molar-refractivity contribution < 1.29 is 32.0 Å². The van der Waals surface area contributed by atoms with Gasteiger partial charge in [0.15, 0.2) is 11.5 Å². The molecule has 0 amide bonds. The molecule has 1 aromatic carbocycles. The molecule has 0 radical (unpaired) electrons. The van der Waals surface area contributed by atoms with E-state index in [9.17, 15) is 10.2 Å². The van der Waals surface area contributed by atoms with Crippen molar-refractivity contribution in [1.29, 1.82) is 0 Å². The van der Waals surface area contributed by atoms with Gasteiger partial charge in [0.1, 0.15) is 11.7 Å². The van der Waals surface area contributed by atoms with Crippen LogP contribution in [-0.2, 0) is 16.6 Å². The molecule has 7 rings (SSSR count). The van der Waals surface area contributed by atoms with Crippen LogP contribution in [0.1, 0.15) is 76.6 Å². The van der Waals surface area contributed by atoms with Gasteiger partial charge >= 0.3 is 0 Å². The Hall–Kier alpha value is -1.30. The molecule has 2 spiro atoms. The predicted molar refractivity (Wildman–Crippen MR) is 114 cm³/mol. The van der Waals surface area contributed by atoms with Crippen molar-refractivity contribution in [1.82, 2.24) is 5.32 Å². The largest absolute Gasteiger partial charge is 0.504 e. The summed E-state index contributed by atoms with van der Waals surface area (Å²) in [5.41, 5.74) is -6.95. The number of phenolic OH excluding ortho intramolecular Hbond substituents is 1. The van der Waals surface area contributed by atoms with Gasteiger partial charge in [-0.3, -0.25) is 0 Å². The number of aliphatic hydroxyl groups is 1. The summed E-state index contributed by atoms with van der Waals surface area (Å²) in [6.07, 6.45) is 1.53. The Morgan fingerprint density at radius 2 is 2.07 bits per heavy atom. The first-order valence-corrected chi connectivity index (χ1v) is 10.8. The molecule has 5 heteroatoms. The lowest BCUT2D eigenvalue weighted by Crippen LogP contribution is -2.83. The fraction of sp³-hybridized carbons (Fsp3) is 0.760. The summed E-state index contributed by atoms with van der Waals surface area (Å²) in [6, 6.07) is 3.39. The van der Waals surface area contributed by atoms with Crippen LogP contribution in [0, 0.1) is 16.7 Å². The number of piperidine rings is 1. The molecular weight excluding hydrogens is 378 g/mol. The quantitative estimate of drug-likeness (QED) is 0.682. The van der Waals surface area contributed by atoms with E-state index in [1.165, 1.54) is 7.11 Å². The monoisotopic (exact) mass is 422 g/mol. The summed E-state index contributed by atoms with van der Waals surface area (Å²) in [5, 5.41) is 27.0. The van der Waals surface area contributed by atoms with Crippen LogP contribution in [0.5, 0.6) is 11.5 Å². The van der Waals surface area contributed by atoms with Gasteiger partial charge in [-0.1, -0.05) is 26.6 Å². The van der Waals surface area contributed by atoms with Crippen molar-refractivity contribution in [2.75, 3.05) is 13.7 Å². The van der Waals surface area contributed by atoms with E-state index < -0.39 is 60.0 Å². The molecular formula is C25H35NO4. The van der Waals surface area contributed by atoms with E-state index in [0.29, 0.717) is 38.0 Å². The Labute approximate surface area is 191 Å². The van der Waals surface area contributed by atoms with Gasteiger partial charge < -0.3 is 25.0 Å². The molecule has 164 valence electrons. The van der Waals surface area contributed by atoms with Gasteiger partial charge in [-0.15, -0.1) is 0 Å². The minimum Gasteiger partial charge on any atom is -0.504 e. The third-order valence-corrected chi connectivity index (χ3v) is 9.62. The highest BCUT2D eigenvalue weighted by atomic mass is 16.6. The van der Waals surface area contributed by atoms with Gasteiger partial charge in [-0.2, -0.15) is 0 Å². The van der Waals surface area contributed by atoms with Crippen LogP contribution in [0.15, 0.2) is 12.1 Å². The van der Waals surface area contributed by atoms with Crippen molar-refractivity contribution >= 4 is 0 Å². The number of fused-ring (bicyclic) bond motifs is 2. The fourth-order valence-electron chi connectivity index (χ4n) is 8.26. The molecule has 7 atom stereocenters. The van der Waals surface area contributed by atoms with E-state index in [1.54, 1.807) is 6.07 Å². The van der Waals surface area contributed by atoms with E-state index in [0.717, 1.165) is 18.1 Å². The Balaban J connectivity index is 1.64. The lowest BCUT2D eigenvalue weighted by Gasteiger charge is -2.74. The number of rotatable bonds is 2. The van der Waals surface area contributed by atoms with Crippen LogP contribution in [0.2, 0.25) is 0 Å². The molecule has 5 nitrogen and oxygen atoms in total. The Morgan fingerprint density at radius 3 is 2.80 bits per heavy atom. The highest BCUT2D eigenvalue weighted by molar-refractivity contribution is 5.63. The van der Waals surface area contributed by atoms with Gasteiger partial charge in [-0.25, -0.2) is 0 Å². The number of benzene rings is 1. The maximum absolute atomic E-state index is 12.5. The highest BCUT2D eigenvalue weighted by Crippen LogP contribution is 2.77. The molecule has 3 N–H and O–H groups in total. The van der Waals surface area contributed by atoms with Gasteiger partial charge in [0.2, 0.25) is 0 Å². The lowest BCUT2D eigenvalue weighted by molar-refractivity contribution is -0.303. The summed E-state index contributed by atoms with van der Waals surface area (Å²) in [6.45, 7) is -9.02. The maximum Gasteiger partial charge on any atom is 0.165 e. The SMILES string of the molecule is [2H]C([2H])([2H])C(C([2H])([2H])[2H])(C([2H])([2H])[2H])C(C)(O)[C@H]1C[C@@]23CC[C@]1(OC)[C@@H]1Oc4c(O)ccc5c4[C@@]12CCN[C@@H]3C5. The summed E-state index contributed by atoms with van der Waals surface area (Å²) >= 11 is 0. The minimum absolute atomic E-state index is 0.0274. The molecule has 4 bridgehead atoms. The number of nitrogens with one attached hydrogen (secondary N) is 1. The van der Waals surface area contributed by atoms with Crippen LogP contribution in [-0.4, -0.2) is 47.2 Å². The standard InChI is InChI=1S/C25H35NO4/c1-21(2,3)22(4,28)16-13-23-8-9-25(16,29-5)20-24(23)10-11-26-17(23)12-14-6-7-15(27)19(30-20)18(14)24/h6-7,16-17,20,26-28H,8-13H2,1-5H3/t16-,17-,20-,22?,23-,24+,25-/m1/s1/i1D3,2D3,3D3. The number of ether oxygens (including phenoxy) is 2. The zero-order valence-corrected chi connectivity index (χ0v) is 17.3. The molecule has 4 aliphatic carbocycles. The molecule has 3 saturated carbocycles. The average Bonchev–Trinajstić information content (AvgIpc) is 3.14. The zero-order chi connectivity index (χ0) is 28.8. The third kappa shape index (κ3) is 1.77. The molecule has 1 saturated heterocycles. The Kier molecular flexibility index (Phi) is 2.16. The maximum atomic E-state index is 12.5. The van der Waals surface area contributed by atoms with Gasteiger partial charge in [-0.05, 0) is 62.6 Å². The van der Waals surface area contributed by atoms with Crippen LogP contribution < -0.4 is 10.1 Å². The van der Waals surface area contributed by atoms with Gasteiger partial charge in [0.05, 0.1) is 5.60 Å². The second-order valence-corrected chi connectivity index (χ2v) is 10.3. The summed E-state index contributed by atoms with van der Waals surface area (Å²) in [4.78, 5) is 0. The van der Waals surface area contributed by atoms with Crippen molar-refractivity contribution in [3.8, 4) is 11.5 Å². The van der Waals surface area contributed by atoms with Crippen molar-refractivity contribution in [2.24, 2.45) is 16.7 Å². The van der Waals surface area contributed by atoms with Crippen molar-refractivity contribution in [2.45, 2.75) is 88.3 Å². The molecule has 6 aliphatic rings. The van der Waals surface area contributed by atoms with Crippen LogP contribution in [0.4, 0.5) is 0 Å². The lowest BCUT2D eigenvalue weighted by atomic mass is 9.33. The van der Waals surface area contributed by atoms with Crippen molar-refractivity contribution in [3.63, 3.8) is 0 Å². The second-order valence-electron chi connectivity index (χ2n) is 10.3. The van der Waals surface area contributed by atoms with Crippen LogP contribution >= 0.6 is 0 Å². The molecule has 4 fully saturated rings. The number of phenols is 1. The van der Waals surface area contributed by atoms with E-state index in [1.807, 2.05) is 6.07 Å². The zero-order valence-electron chi connectivity index (χ0n) is 26.3. The summed E-state index contributed by atoms with van der Waals surface area (Å²) < 4.78 is 87.7. The Morgan fingerprint density at radius 1 is 1.27 bits per heavy atom. The second kappa shape index (κ2) is 5.36. The number of hydrogen-bond donors (Lipinski definition) is 3. The Bertz CT molecular complexity index is 1190. The third-order valence-electron chi connectivity index (χ3n) is 9.62. The summed E-state index contributed by atoms with van der Waals surface area (Å²) in [5.74, 6) is -0.899. The molecule has 0 aromatic heterocycles. The highest BCUT2D eigenvalue weighted by Gasteiger charge is 2.81. The fourth-order valence-corrected chi connectivity index (χ4v) is 8.26. The molecule has 1 unspecified atom stereocenters. The first-order chi connectivity index (χ1) is 17.8. The molecule has 30 heavy (non-hydrogen) atoms. The van der Waals surface area contributed by atoms with E-state index in [-0.39, 0.29) is 18.2 Å². The summed E-state index contributed by atoms with van der Waals surface area (Å²) in [7, 11) is 1.42. The minimum atomic E-state index is -3.58. The first kappa shape index (κ1) is 12.1. The van der Waals surface area contributed by atoms with Gasteiger partial charge in [0, 0.05) is 47.8 Å². The molecule has 2 heterocycles. The normalized spacial score (nSPS) is 50.6. The first-order valence-electron chi connectivity index (χ1n) is 15.3. The topological polar surface area (TPSA) is 71.0 Å². The number of hydrogen-bond acceptors (Lipinski definition) is 5. The average molecular weight is 423 g/mol. The van der Waals surface area contributed by atoms with Crippen LogP contribution in [0.25, 0.3) is 0 Å². The van der Waals surface area contributed by atoms with Crippen molar-refractivity contribution in [3.05, 3.63) is 23.3 Å². The predicted octanol–water partition coefficient (Wildman–Crippen LogP) is 3.29. The van der Waals surface area contributed by atoms with E-state index >= 15 is 0 Å². The van der Waals surface area contributed by atoms with Crippen LogP contribution in [0.3, 0.4) is 0 Å². The number of methoxy groups -OCH3 is 1. The molecule has 1 aromatic rings. The van der Waals surface area contributed by atoms with E-state index in [4.69, 9.17) is 21.8 Å². The number of aromatic hydroxyl groups is 1. The smallest absolute Gasteiger partial charge is 0.165 e. The van der Waals surface area contributed by atoms with Gasteiger partial charge in [0.25, 0.3) is 0 Å². The molecule has 2 aliphatic heterocycles. The van der Waals surface area contributed by atoms with E-state index in [2.05, 4.69) is 5.32 Å².